The number of thioether (sulfide) groups is 1. The van der Waals surface area contributed by atoms with Crippen molar-refractivity contribution >= 4 is 29.2 Å². The van der Waals surface area contributed by atoms with E-state index in [-0.39, 0.29) is 29.7 Å². The zero-order valence-electron chi connectivity index (χ0n) is 15.2. The Hall–Kier alpha value is -2.49. The van der Waals surface area contributed by atoms with Gasteiger partial charge in [0.05, 0.1) is 5.75 Å². The van der Waals surface area contributed by atoms with Gasteiger partial charge in [-0.1, -0.05) is 25.1 Å². The third-order valence-electron chi connectivity index (χ3n) is 3.94. The van der Waals surface area contributed by atoms with Crippen LogP contribution in [-0.2, 0) is 18.4 Å². The van der Waals surface area contributed by atoms with Crippen molar-refractivity contribution in [3.05, 3.63) is 33.2 Å². The first-order chi connectivity index (χ1) is 12.4. The van der Waals surface area contributed by atoms with E-state index < -0.39 is 11.2 Å². The topological polar surface area (TPSA) is 119 Å². The fraction of sp³-hybridized carbons (Fsp3) is 0.500. The molecule has 0 unspecified atom stereocenters. The summed E-state index contributed by atoms with van der Waals surface area (Å²) >= 11 is 1.27. The summed E-state index contributed by atoms with van der Waals surface area (Å²) < 4.78 is 3.11. The number of unbranched alkanes of at least 4 members (excludes halogenated alkanes) is 1. The van der Waals surface area contributed by atoms with Crippen LogP contribution < -0.4 is 21.9 Å². The second-order valence-corrected chi connectivity index (χ2v) is 6.69. The van der Waals surface area contributed by atoms with Crippen LogP contribution in [0.15, 0.2) is 27.1 Å². The number of H-pyrrole nitrogens is 1. The van der Waals surface area contributed by atoms with Gasteiger partial charge < -0.3 is 15.2 Å². The minimum Gasteiger partial charge on any atom is -0.383 e. The molecule has 142 valence electrons. The summed E-state index contributed by atoms with van der Waals surface area (Å²) in [6, 6.07) is 0. The van der Waals surface area contributed by atoms with Crippen LogP contribution >= 0.6 is 11.8 Å². The molecule has 0 radical (unpaired) electrons. The average molecular weight is 380 g/mol. The number of aromatic nitrogens is 4. The van der Waals surface area contributed by atoms with Crippen molar-refractivity contribution in [1.82, 2.24) is 19.1 Å². The Kier molecular flexibility index (Phi) is 6.67. The molecule has 0 aliphatic carbocycles. The normalized spacial score (nSPS) is 10.9. The summed E-state index contributed by atoms with van der Waals surface area (Å²) in [5.74, 6) is -0.158. The van der Waals surface area contributed by atoms with Gasteiger partial charge in [-0.3, -0.25) is 19.1 Å². The van der Waals surface area contributed by atoms with Gasteiger partial charge in [0.15, 0.2) is 10.8 Å². The number of hydrogen-bond donors (Lipinski definition) is 2. The van der Waals surface area contributed by atoms with Crippen LogP contribution in [0.3, 0.4) is 0 Å². The standard InChI is InChI=1S/C16H24N6O3S/c1-4-6-8-22-13(17)12(14(24)19-15(22)25)21(5-2)11(23)10-26-16-18-7-9-20(16)3/h7,9H,4-6,8,10,17H2,1-3H3,(H,19,24,25). The minimum atomic E-state index is -0.655. The lowest BCUT2D eigenvalue weighted by molar-refractivity contribution is -0.116. The summed E-state index contributed by atoms with van der Waals surface area (Å²) in [5, 5.41) is 0.698. The van der Waals surface area contributed by atoms with E-state index >= 15 is 0 Å². The number of hydrogen-bond acceptors (Lipinski definition) is 6. The predicted molar refractivity (Wildman–Crippen MR) is 103 cm³/mol. The second-order valence-electron chi connectivity index (χ2n) is 5.75. The van der Waals surface area contributed by atoms with Crippen LogP contribution in [0.2, 0.25) is 0 Å². The van der Waals surface area contributed by atoms with E-state index in [1.54, 1.807) is 23.9 Å². The number of nitrogens with zero attached hydrogens (tertiary/aromatic N) is 4. The first-order valence-electron chi connectivity index (χ1n) is 8.43. The SMILES string of the molecule is CCCCn1c(N)c(N(CC)C(=O)CSc2nccn2C)c(=O)[nH]c1=O. The van der Waals surface area contributed by atoms with Gasteiger partial charge in [0.1, 0.15) is 5.82 Å². The highest BCUT2D eigenvalue weighted by Crippen LogP contribution is 2.20. The summed E-state index contributed by atoms with van der Waals surface area (Å²) in [6.45, 7) is 4.40. The number of aromatic amines is 1. The van der Waals surface area contributed by atoms with Gasteiger partial charge in [0, 0.05) is 32.5 Å². The third-order valence-corrected chi connectivity index (χ3v) is 4.98. The molecule has 0 saturated carbocycles. The third kappa shape index (κ3) is 4.18. The van der Waals surface area contributed by atoms with Crippen LogP contribution in [-0.4, -0.2) is 37.3 Å². The number of carbonyl (C=O) groups excluding carboxylic acids is 1. The molecule has 3 N–H and O–H groups in total. The highest BCUT2D eigenvalue weighted by atomic mass is 32.2. The molecule has 0 aliphatic heterocycles. The van der Waals surface area contributed by atoms with Crippen molar-refractivity contribution in [3.8, 4) is 0 Å². The molecule has 2 rings (SSSR count). The Bertz CT molecular complexity index is 885. The highest BCUT2D eigenvalue weighted by Gasteiger charge is 2.23. The molecule has 0 atom stereocenters. The fourth-order valence-corrected chi connectivity index (χ4v) is 3.34. The Morgan fingerprint density at radius 3 is 2.69 bits per heavy atom. The van der Waals surface area contributed by atoms with Gasteiger partial charge in [-0.05, 0) is 13.3 Å². The van der Waals surface area contributed by atoms with Crippen molar-refractivity contribution in [1.29, 1.82) is 0 Å². The molecule has 2 aromatic heterocycles. The van der Waals surface area contributed by atoms with Gasteiger partial charge >= 0.3 is 5.69 Å². The molecule has 0 bridgehead atoms. The van der Waals surface area contributed by atoms with E-state index in [2.05, 4.69) is 9.97 Å². The van der Waals surface area contributed by atoms with Gasteiger partial charge in [0.25, 0.3) is 5.56 Å². The molecule has 26 heavy (non-hydrogen) atoms. The van der Waals surface area contributed by atoms with Gasteiger partial charge in [0.2, 0.25) is 5.91 Å². The Labute approximate surface area is 155 Å². The Morgan fingerprint density at radius 1 is 1.38 bits per heavy atom. The maximum atomic E-state index is 12.7. The monoisotopic (exact) mass is 380 g/mol. The van der Waals surface area contributed by atoms with Crippen LogP contribution in [0, 0.1) is 0 Å². The maximum Gasteiger partial charge on any atom is 0.330 e. The van der Waals surface area contributed by atoms with Crippen LogP contribution in [0.25, 0.3) is 0 Å². The number of nitrogens with one attached hydrogen (secondary N) is 1. The zero-order valence-corrected chi connectivity index (χ0v) is 16.0. The number of nitrogens with two attached hydrogens (primary N) is 1. The van der Waals surface area contributed by atoms with Crippen molar-refractivity contribution in [2.45, 2.75) is 38.4 Å². The van der Waals surface area contributed by atoms with E-state index in [0.29, 0.717) is 11.7 Å². The van der Waals surface area contributed by atoms with E-state index in [1.165, 1.54) is 21.2 Å². The lowest BCUT2D eigenvalue weighted by Gasteiger charge is -2.23. The zero-order chi connectivity index (χ0) is 19.3. The molecule has 0 aliphatic rings. The van der Waals surface area contributed by atoms with E-state index in [9.17, 15) is 14.4 Å². The molecule has 0 saturated heterocycles. The van der Waals surface area contributed by atoms with E-state index in [0.717, 1.165) is 12.8 Å². The van der Waals surface area contributed by atoms with E-state index in [1.807, 2.05) is 14.0 Å². The summed E-state index contributed by atoms with van der Waals surface area (Å²) in [4.78, 5) is 44.7. The Morgan fingerprint density at radius 2 is 2.12 bits per heavy atom. The lowest BCUT2D eigenvalue weighted by Crippen LogP contribution is -2.41. The Balaban J connectivity index is 2.30. The number of rotatable bonds is 8. The van der Waals surface area contributed by atoms with Gasteiger partial charge in [-0.15, -0.1) is 0 Å². The predicted octanol–water partition coefficient (Wildman–Crippen LogP) is 0.798. The second kappa shape index (κ2) is 8.75. The highest BCUT2D eigenvalue weighted by molar-refractivity contribution is 7.99. The minimum absolute atomic E-state index is 0.0180. The smallest absolute Gasteiger partial charge is 0.330 e. The average Bonchev–Trinajstić information content (AvgIpc) is 3.01. The van der Waals surface area contributed by atoms with Crippen molar-refractivity contribution < 1.29 is 4.79 Å². The van der Waals surface area contributed by atoms with Crippen LogP contribution in [0.4, 0.5) is 11.5 Å². The quantitative estimate of drug-likeness (QED) is 0.654. The number of nitrogen functional groups attached to an aromatic ring is 1. The van der Waals surface area contributed by atoms with Gasteiger partial charge in [-0.25, -0.2) is 9.78 Å². The molecule has 1 amide bonds. The first-order valence-corrected chi connectivity index (χ1v) is 9.42. The van der Waals surface area contributed by atoms with Crippen molar-refractivity contribution in [2.75, 3.05) is 22.9 Å². The van der Waals surface area contributed by atoms with E-state index in [4.69, 9.17) is 5.73 Å². The molecule has 10 heteroatoms. The summed E-state index contributed by atoms with van der Waals surface area (Å²) in [6.07, 6.45) is 5.05. The molecular weight excluding hydrogens is 356 g/mol. The number of imidazole rings is 1. The fourth-order valence-electron chi connectivity index (χ4n) is 2.53. The number of aryl methyl sites for hydroxylation is 1. The molecule has 0 spiro atoms. The first kappa shape index (κ1) is 19.8. The number of amides is 1. The molecule has 0 aromatic carbocycles. The summed E-state index contributed by atoms with van der Waals surface area (Å²) in [5.41, 5.74) is 4.89. The van der Waals surface area contributed by atoms with Crippen LogP contribution in [0.5, 0.6) is 0 Å². The van der Waals surface area contributed by atoms with Crippen molar-refractivity contribution in [3.63, 3.8) is 0 Å². The van der Waals surface area contributed by atoms with Crippen LogP contribution in [0.1, 0.15) is 26.7 Å². The van der Waals surface area contributed by atoms with Crippen molar-refractivity contribution in [2.24, 2.45) is 7.05 Å². The maximum absolute atomic E-state index is 12.7. The molecule has 2 aromatic rings. The molecule has 0 fully saturated rings. The molecule has 2 heterocycles. The largest absolute Gasteiger partial charge is 0.383 e. The summed E-state index contributed by atoms with van der Waals surface area (Å²) in [7, 11) is 1.84. The van der Waals surface area contributed by atoms with Gasteiger partial charge in [-0.2, -0.15) is 0 Å². The molecule has 9 nitrogen and oxygen atoms in total. The molecular formula is C16H24N6O3S. The number of carbonyl (C=O) groups is 1. The number of anilines is 2. The lowest BCUT2D eigenvalue weighted by atomic mass is 10.3.